The summed E-state index contributed by atoms with van der Waals surface area (Å²) in [6.07, 6.45) is 2.91. The Morgan fingerprint density at radius 1 is 1.27 bits per heavy atom. The van der Waals surface area contributed by atoms with Crippen molar-refractivity contribution in [3.05, 3.63) is 62.0 Å². The zero-order valence-electron chi connectivity index (χ0n) is 15.2. The van der Waals surface area contributed by atoms with Crippen LogP contribution in [0, 0.1) is 0 Å². The SMILES string of the molecule is COc1ccc2[nH]cc(C(=O)/C=C3/SC(=S)N(c4cc(Br)c(O)c(Br)c4)C3=O)c2c1. The van der Waals surface area contributed by atoms with Gasteiger partial charge in [0, 0.05) is 28.7 Å². The van der Waals surface area contributed by atoms with Gasteiger partial charge in [-0.2, -0.15) is 0 Å². The second kappa shape index (κ2) is 8.18. The number of ketones is 1. The van der Waals surface area contributed by atoms with E-state index >= 15 is 0 Å². The van der Waals surface area contributed by atoms with E-state index in [0.717, 1.165) is 17.3 Å². The first-order valence-electron chi connectivity index (χ1n) is 8.45. The molecule has 1 amide bonds. The van der Waals surface area contributed by atoms with Crippen LogP contribution in [0.4, 0.5) is 5.69 Å². The summed E-state index contributed by atoms with van der Waals surface area (Å²) >= 11 is 12.9. The van der Waals surface area contributed by atoms with Crippen molar-refractivity contribution in [1.82, 2.24) is 4.98 Å². The molecule has 0 unspecified atom stereocenters. The van der Waals surface area contributed by atoms with Crippen molar-refractivity contribution in [2.24, 2.45) is 0 Å². The van der Waals surface area contributed by atoms with E-state index in [9.17, 15) is 14.7 Å². The Morgan fingerprint density at radius 2 is 1.97 bits per heavy atom. The van der Waals surface area contributed by atoms with E-state index < -0.39 is 5.91 Å². The third-order valence-corrected chi connectivity index (χ3v) is 6.98. The fourth-order valence-electron chi connectivity index (χ4n) is 3.00. The van der Waals surface area contributed by atoms with Crippen LogP contribution in [0.25, 0.3) is 10.9 Å². The predicted molar refractivity (Wildman–Crippen MR) is 128 cm³/mol. The molecule has 0 atom stereocenters. The molecule has 1 aliphatic rings. The first-order valence-corrected chi connectivity index (χ1v) is 11.3. The lowest BCUT2D eigenvalue weighted by Crippen LogP contribution is -2.27. The highest BCUT2D eigenvalue weighted by atomic mass is 79.9. The number of carbonyl (C=O) groups excluding carboxylic acids is 2. The lowest BCUT2D eigenvalue weighted by atomic mass is 10.1. The van der Waals surface area contributed by atoms with Crippen molar-refractivity contribution in [3.8, 4) is 11.5 Å². The summed E-state index contributed by atoms with van der Waals surface area (Å²) in [5.74, 6) is -0.0704. The molecule has 3 aromatic rings. The highest BCUT2D eigenvalue weighted by Crippen LogP contribution is 2.41. The van der Waals surface area contributed by atoms with Gasteiger partial charge in [-0.3, -0.25) is 14.5 Å². The van der Waals surface area contributed by atoms with Crippen molar-refractivity contribution in [3.63, 3.8) is 0 Å². The molecule has 2 heterocycles. The van der Waals surface area contributed by atoms with Crippen LogP contribution in [0.3, 0.4) is 0 Å². The van der Waals surface area contributed by atoms with Crippen molar-refractivity contribution < 1.29 is 19.4 Å². The molecule has 2 N–H and O–H groups in total. The Morgan fingerprint density at radius 3 is 2.63 bits per heavy atom. The number of aromatic amines is 1. The number of nitrogens with one attached hydrogen (secondary N) is 1. The van der Waals surface area contributed by atoms with Crippen LogP contribution in [-0.2, 0) is 4.79 Å². The number of ether oxygens (including phenoxy) is 1. The molecule has 1 aliphatic heterocycles. The molecule has 152 valence electrons. The number of carbonyl (C=O) groups is 2. The summed E-state index contributed by atoms with van der Waals surface area (Å²) in [5, 5.41) is 10.6. The Balaban J connectivity index is 1.68. The van der Waals surface area contributed by atoms with Gasteiger partial charge in [0.25, 0.3) is 5.91 Å². The molecule has 2 aromatic carbocycles. The van der Waals surface area contributed by atoms with Gasteiger partial charge in [-0.05, 0) is 62.2 Å². The topological polar surface area (TPSA) is 82.6 Å². The summed E-state index contributed by atoms with van der Waals surface area (Å²) in [5.41, 5.74) is 1.70. The van der Waals surface area contributed by atoms with E-state index in [2.05, 4.69) is 36.8 Å². The molecule has 0 spiro atoms. The Kier molecular flexibility index (Phi) is 5.75. The fraction of sp³-hybridized carbons (Fsp3) is 0.0500. The standard InChI is InChI=1S/C20H12Br2N2O4S2/c1-28-10-2-3-15-11(6-10)12(8-23-15)16(25)7-17-19(27)24(20(29)30-17)9-4-13(21)18(26)14(22)5-9/h2-8,23,26H,1H3/b17-7+. The Labute approximate surface area is 197 Å². The largest absolute Gasteiger partial charge is 0.506 e. The van der Waals surface area contributed by atoms with E-state index in [1.165, 1.54) is 11.0 Å². The molecule has 1 fully saturated rings. The number of thiocarbonyl (C=S) groups is 1. The summed E-state index contributed by atoms with van der Waals surface area (Å²) < 4.78 is 6.35. The number of anilines is 1. The quantitative estimate of drug-likeness (QED) is 0.245. The van der Waals surface area contributed by atoms with Gasteiger partial charge >= 0.3 is 0 Å². The van der Waals surface area contributed by atoms with Crippen LogP contribution in [0.5, 0.6) is 11.5 Å². The molecule has 6 nitrogen and oxygen atoms in total. The van der Waals surface area contributed by atoms with Gasteiger partial charge < -0.3 is 14.8 Å². The minimum absolute atomic E-state index is 0.0182. The van der Waals surface area contributed by atoms with E-state index in [1.807, 2.05) is 6.07 Å². The van der Waals surface area contributed by atoms with Gasteiger partial charge in [0.15, 0.2) is 10.1 Å². The molecule has 30 heavy (non-hydrogen) atoms. The van der Waals surface area contributed by atoms with E-state index in [4.69, 9.17) is 17.0 Å². The van der Waals surface area contributed by atoms with Gasteiger partial charge in [0.05, 0.1) is 26.6 Å². The monoisotopic (exact) mass is 566 g/mol. The number of hydrogen-bond acceptors (Lipinski definition) is 6. The number of nitrogens with zero attached hydrogens (tertiary/aromatic N) is 1. The van der Waals surface area contributed by atoms with E-state index in [0.29, 0.717) is 35.7 Å². The minimum Gasteiger partial charge on any atom is -0.506 e. The number of benzene rings is 2. The average molecular weight is 568 g/mol. The molecule has 10 heteroatoms. The second-order valence-electron chi connectivity index (χ2n) is 6.25. The van der Waals surface area contributed by atoms with E-state index in [1.54, 1.807) is 37.6 Å². The molecular formula is C20H12Br2N2O4S2. The number of phenols is 1. The average Bonchev–Trinajstić information content (AvgIpc) is 3.25. The Hall–Kier alpha value is -2.14. The molecule has 0 bridgehead atoms. The minimum atomic E-state index is -0.403. The third-order valence-electron chi connectivity index (χ3n) is 4.47. The van der Waals surface area contributed by atoms with Crippen LogP contribution in [0.1, 0.15) is 10.4 Å². The number of thioether (sulfide) groups is 1. The number of allylic oxidation sites excluding steroid dienone is 1. The lowest BCUT2D eigenvalue weighted by molar-refractivity contribution is -0.113. The number of amides is 1. The molecule has 1 aromatic heterocycles. The normalized spacial score (nSPS) is 15.4. The Bertz CT molecular complexity index is 1250. The zero-order valence-corrected chi connectivity index (χ0v) is 20.0. The van der Waals surface area contributed by atoms with Gasteiger partial charge in [-0.25, -0.2) is 0 Å². The van der Waals surface area contributed by atoms with Crippen LogP contribution in [0.2, 0.25) is 0 Å². The number of aromatic nitrogens is 1. The predicted octanol–water partition coefficient (Wildman–Crippen LogP) is 5.54. The van der Waals surface area contributed by atoms with Crippen LogP contribution >= 0.6 is 55.8 Å². The molecule has 0 radical (unpaired) electrons. The zero-order chi connectivity index (χ0) is 21.6. The van der Waals surface area contributed by atoms with Gasteiger partial charge in [0.2, 0.25) is 0 Å². The maximum atomic E-state index is 13.0. The van der Waals surface area contributed by atoms with E-state index in [-0.39, 0.29) is 16.4 Å². The van der Waals surface area contributed by atoms with Crippen molar-refractivity contribution in [1.29, 1.82) is 0 Å². The van der Waals surface area contributed by atoms with Crippen LogP contribution in [-0.4, -0.2) is 33.2 Å². The summed E-state index contributed by atoms with van der Waals surface area (Å²) in [7, 11) is 1.56. The molecule has 4 rings (SSSR count). The smallest absolute Gasteiger partial charge is 0.270 e. The third kappa shape index (κ3) is 3.68. The van der Waals surface area contributed by atoms with Gasteiger partial charge in [-0.1, -0.05) is 24.0 Å². The summed E-state index contributed by atoms with van der Waals surface area (Å²) in [6.45, 7) is 0. The number of fused-ring (bicyclic) bond motifs is 1. The maximum absolute atomic E-state index is 13.0. The number of halogens is 2. The van der Waals surface area contributed by atoms with Crippen LogP contribution in [0.15, 0.2) is 56.5 Å². The van der Waals surface area contributed by atoms with Gasteiger partial charge in [0.1, 0.15) is 11.5 Å². The highest BCUT2D eigenvalue weighted by molar-refractivity contribution is 9.11. The molecule has 0 saturated carbocycles. The maximum Gasteiger partial charge on any atom is 0.270 e. The number of methoxy groups -OCH3 is 1. The second-order valence-corrected chi connectivity index (χ2v) is 9.64. The fourth-order valence-corrected chi connectivity index (χ4v) is 5.43. The van der Waals surface area contributed by atoms with Crippen LogP contribution < -0.4 is 9.64 Å². The molecular weight excluding hydrogens is 556 g/mol. The van der Waals surface area contributed by atoms with Gasteiger partial charge in [-0.15, -0.1) is 0 Å². The molecule has 1 saturated heterocycles. The number of aromatic hydroxyl groups is 1. The number of hydrogen-bond donors (Lipinski definition) is 2. The first kappa shape index (κ1) is 21.1. The summed E-state index contributed by atoms with van der Waals surface area (Å²) in [4.78, 5) is 30.5. The lowest BCUT2D eigenvalue weighted by Gasteiger charge is -2.16. The molecule has 0 aliphatic carbocycles. The van der Waals surface area contributed by atoms with Crippen molar-refractivity contribution >= 4 is 88.4 Å². The van der Waals surface area contributed by atoms with Crippen molar-refractivity contribution in [2.75, 3.05) is 12.0 Å². The number of H-pyrrole nitrogens is 1. The highest BCUT2D eigenvalue weighted by Gasteiger charge is 2.34. The number of phenolic OH excluding ortho intramolecular Hbond substituents is 1. The number of rotatable bonds is 4. The first-order chi connectivity index (χ1) is 14.3. The summed E-state index contributed by atoms with van der Waals surface area (Å²) in [6, 6.07) is 8.56. The van der Waals surface area contributed by atoms with Crippen molar-refractivity contribution in [2.45, 2.75) is 0 Å².